The number of carbonyl (C=O) groups is 2. The number of hydrogen-bond donors (Lipinski definition) is 1. The van der Waals surface area contributed by atoms with Crippen LogP contribution in [0.15, 0.2) is 90.1 Å². The predicted molar refractivity (Wildman–Crippen MR) is 136 cm³/mol. The molecule has 2 aliphatic rings. The van der Waals surface area contributed by atoms with Crippen LogP contribution in [0.5, 0.6) is 11.5 Å². The van der Waals surface area contributed by atoms with Gasteiger partial charge in [0.05, 0.1) is 14.2 Å². The Hall–Kier alpha value is -4.65. The number of oxime groups is 1. The third kappa shape index (κ3) is 3.09. The number of Topliss-reactive ketones (excluding diaryl/α,β-unsaturated/α-hetero) is 1. The molecular formula is C29H22N2O5. The number of para-hydroxylation sites is 1. The minimum atomic E-state index is -1.65. The van der Waals surface area contributed by atoms with E-state index in [1.807, 2.05) is 48.5 Å². The molecule has 0 saturated heterocycles. The molecule has 7 nitrogen and oxygen atoms in total. The number of hydrogen-bond acceptors (Lipinski definition) is 6. The number of ketones is 1. The summed E-state index contributed by atoms with van der Waals surface area (Å²) in [6.07, 6.45) is 0. The average molecular weight is 479 g/mol. The maximum Gasteiger partial charge on any atom is 0.277 e. The highest BCUT2D eigenvalue weighted by Crippen LogP contribution is 2.50. The van der Waals surface area contributed by atoms with Crippen LogP contribution in [0.1, 0.15) is 21.5 Å². The summed E-state index contributed by atoms with van der Waals surface area (Å²) in [7, 11) is 3.09. The molecule has 1 N–H and O–H groups in total. The van der Waals surface area contributed by atoms with Gasteiger partial charge in [-0.2, -0.15) is 0 Å². The second-order valence-corrected chi connectivity index (χ2v) is 8.73. The molecule has 6 rings (SSSR count). The third-order valence-corrected chi connectivity index (χ3v) is 6.86. The van der Waals surface area contributed by atoms with E-state index < -0.39 is 17.4 Å². The maximum absolute atomic E-state index is 14.3. The number of nitrogens with one attached hydrogen (secondary N) is 1. The minimum Gasteiger partial charge on any atom is -0.497 e. The molecule has 178 valence electrons. The first-order valence-electron chi connectivity index (χ1n) is 11.5. The zero-order valence-corrected chi connectivity index (χ0v) is 19.6. The standard InChI is InChI=1S/C29H22N2O5/c1-34-20-13-14-24(35-2)21(16-20)26-25(27(32)19-12-11-17-7-3-4-8-18(17)15-19)29(36-31-26)22-9-5-6-10-23(22)30-28(29)33/h3-16,25H,1-2H3,(H,30,33)/t25-,29+/m1/s1. The summed E-state index contributed by atoms with van der Waals surface area (Å²) in [5, 5.41) is 9.17. The van der Waals surface area contributed by atoms with Crippen LogP contribution >= 0.6 is 0 Å². The Bertz CT molecular complexity index is 1580. The van der Waals surface area contributed by atoms with E-state index in [0.29, 0.717) is 39.6 Å². The number of rotatable bonds is 5. The quantitative estimate of drug-likeness (QED) is 0.411. The first-order valence-corrected chi connectivity index (χ1v) is 11.5. The van der Waals surface area contributed by atoms with E-state index in [1.54, 1.807) is 43.5 Å². The molecule has 0 fully saturated rings. The molecule has 7 heteroatoms. The fourth-order valence-electron chi connectivity index (χ4n) is 5.09. The van der Waals surface area contributed by atoms with Crippen molar-refractivity contribution in [3.8, 4) is 11.5 Å². The predicted octanol–water partition coefficient (Wildman–Crippen LogP) is 4.94. The van der Waals surface area contributed by atoms with E-state index in [-0.39, 0.29) is 5.78 Å². The van der Waals surface area contributed by atoms with Crippen molar-refractivity contribution in [3.63, 3.8) is 0 Å². The summed E-state index contributed by atoms with van der Waals surface area (Å²) < 4.78 is 11.0. The van der Waals surface area contributed by atoms with Gasteiger partial charge in [-0.05, 0) is 41.1 Å². The largest absolute Gasteiger partial charge is 0.497 e. The molecular weight excluding hydrogens is 456 g/mol. The van der Waals surface area contributed by atoms with Gasteiger partial charge in [0.25, 0.3) is 11.5 Å². The summed E-state index contributed by atoms with van der Waals surface area (Å²) in [5.74, 6) is -0.749. The van der Waals surface area contributed by atoms with Crippen molar-refractivity contribution in [3.05, 3.63) is 102 Å². The van der Waals surface area contributed by atoms with Gasteiger partial charge in [0.2, 0.25) is 0 Å². The molecule has 0 saturated carbocycles. The number of carbonyl (C=O) groups excluding carboxylic acids is 2. The smallest absolute Gasteiger partial charge is 0.277 e. The van der Waals surface area contributed by atoms with Crippen molar-refractivity contribution in [2.24, 2.45) is 11.1 Å². The lowest BCUT2D eigenvalue weighted by Gasteiger charge is -2.27. The normalized spacial score (nSPS) is 20.0. The monoisotopic (exact) mass is 478 g/mol. The number of nitrogens with zero attached hydrogens (tertiary/aromatic N) is 1. The summed E-state index contributed by atoms with van der Waals surface area (Å²) in [6, 6.07) is 25.7. The Morgan fingerprint density at radius 3 is 2.50 bits per heavy atom. The summed E-state index contributed by atoms with van der Waals surface area (Å²) in [5.41, 5.74) is 0.779. The van der Waals surface area contributed by atoms with Gasteiger partial charge in [-0.25, -0.2) is 0 Å². The third-order valence-electron chi connectivity index (χ3n) is 6.86. The summed E-state index contributed by atoms with van der Waals surface area (Å²) >= 11 is 0. The first-order chi connectivity index (χ1) is 17.6. The van der Waals surface area contributed by atoms with Crippen LogP contribution in [-0.4, -0.2) is 31.6 Å². The van der Waals surface area contributed by atoms with Crippen molar-refractivity contribution in [1.82, 2.24) is 0 Å². The van der Waals surface area contributed by atoms with Crippen molar-refractivity contribution in [2.75, 3.05) is 19.5 Å². The molecule has 2 atom stereocenters. The molecule has 2 heterocycles. The lowest BCUT2D eigenvalue weighted by atomic mass is 9.74. The Morgan fingerprint density at radius 1 is 0.917 bits per heavy atom. The second-order valence-electron chi connectivity index (χ2n) is 8.73. The van der Waals surface area contributed by atoms with Crippen LogP contribution in [0.4, 0.5) is 5.69 Å². The minimum absolute atomic E-state index is 0.284. The van der Waals surface area contributed by atoms with Gasteiger partial charge in [0, 0.05) is 22.4 Å². The SMILES string of the molecule is COc1ccc(OC)c(C2=NO[C@]3(C(=O)Nc4ccccc43)[C@H]2C(=O)c2ccc3ccccc3c2)c1. The van der Waals surface area contributed by atoms with E-state index in [1.165, 1.54) is 7.11 Å². The van der Waals surface area contributed by atoms with E-state index in [9.17, 15) is 9.59 Å². The van der Waals surface area contributed by atoms with E-state index in [4.69, 9.17) is 14.3 Å². The lowest BCUT2D eigenvalue weighted by Crippen LogP contribution is -2.46. The Balaban J connectivity index is 1.56. The van der Waals surface area contributed by atoms with Crippen molar-refractivity contribution in [2.45, 2.75) is 5.60 Å². The van der Waals surface area contributed by atoms with Crippen LogP contribution in [0.25, 0.3) is 10.8 Å². The molecule has 1 spiro atoms. The highest BCUT2D eigenvalue weighted by Gasteiger charge is 2.63. The molecule has 4 aromatic rings. The molecule has 36 heavy (non-hydrogen) atoms. The van der Waals surface area contributed by atoms with Gasteiger partial charge in [-0.3, -0.25) is 9.59 Å². The van der Waals surface area contributed by atoms with Crippen molar-refractivity contribution < 1.29 is 23.9 Å². The zero-order chi connectivity index (χ0) is 24.9. The molecule has 0 unspecified atom stereocenters. The Morgan fingerprint density at radius 2 is 1.69 bits per heavy atom. The van der Waals surface area contributed by atoms with Gasteiger partial charge < -0.3 is 19.6 Å². The van der Waals surface area contributed by atoms with Gasteiger partial charge in [0.15, 0.2) is 5.78 Å². The number of fused-ring (bicyclic) bond motifs is 3. The zero-order valence-electron chi connectivity index (χ0n) is 19.6. The molecule has 0 aliphatic carbocycles. The highest BCUT2D eigenvalue weighted by atomic mass is 16.7. The Kier molecular flexibility index (Phi) is 5.00. The van der Waals surface area contributed by atoms with Gasteiger partial charge in [-0.1, -0.05) is 59.8 Å². The van der Waals surface area contributed by atoms with Crippen LogP contribution in [0, 0.1) is 5.92 Å². The summed E-state index contributed by atoms with van der Waals surface area (Å²) in [6.45, 7) is 0. The fraction of sp³-hybridized carbons (Fsp3) is 0.138. The number of ether oxygens (including phenoxy) is 2. The van der Waals surface area contributed by atoms with E-state index in [0.717, 1.165) is 10.8 Å². The van der Waals surface area contributed by atoms with Gasteiger partial charge in [0.1, 0.15) is 23.1 Å². The van der Waals surface area contributed by atoms with Crippen LogP contribution in [0.3, 0.4) is 0 Å². The number of anilines is 1. The van der Waals surface area contributed by atoms with E-state index in [2.05, 4.69) is 10.5 Å². The molecule has 0 aromatic heterocycles. The van der Waals surface area contributed by atoms with Crippen LogP contribution in [0.2, 0.25) is 0 Å². The lowest BCUT2D eigenvalue weighted by molar-refractivity contribution is -0.140. The van der Waals surface area contributed by atoms with Crippen LogP contribution in [-0.2, 0) is 15.2 Å². The molecule has 0 bridgehead atoms. The fourth-order valence-corrected chi connectivity index (χ4v) is 5.09. The number of benzene rings is 4. The number of methoxy groups -OCH3 is 2. The van der Waals surface area contributed by atoms with Crippen molar-refractivity contribution >= 4 is 33.9 Å². The van der Waals surface area contributed by atoms with Crippen molar-refractivity contribution in [1.29, 1.82) is 0 Å². The molecule has 2 aliphatic heterocycles. The highest BCUT2D eigenvalue weighted by molar-refractivity contribution is 6.25. The molecule has 1 amide bonds. The summed E-state index contributed by atoms with van der Waals surface area (Å²) in [4.78, 5) is 33.9. The Labute approximate surface area is 207 Å². The molecule has 0 radical (unpaired) electrons. The van der Waals surface area contributed by atoms with Crippen LogP contribution < -0.4 is 14.8 Å². The van der Waals surface area contributed by atoms with Gasteiger partial charge >= 0.3 is 0 Å². The van der Waals surface area contributed by atoms with E-state index >= 15 is 0 Å². The maximum atomic E-state index is 14.3. The molecule has 4 aromatic carbocycles. The topological polar surface area (TPSA) is 86.2 Å². The second kappa shape index (κ2) is 8.23. The average Bonchev–Trinajstić information content (AvgIpc) is 3.46. The first kappa shape index (κ1) is 21.9. The van der Waals surface area contributed by atoms with Gasteiger partial charge in [-0.15, -0.1) is 0 Å². The number of amides is 1.